The summed E-state index contributed by atoms with van der Waals surface area (Å²) in [6.45, 7) is 6.73. The van der Waals surface area contributed by atoms with Crippen molar-refractivity contribution in [2.24, 2.45) is 0 Å². The van der Waals surface area contributed by atoms with Gasteiger partial charge in [-0.15, -0.1) is 0 Å². The van der Waals surface area contributed by atoms with Crippen LogP contribution in [-0.4, -0.2) is 11.8 Å². The van der Waals surface area contributed by atoms with Gasteiger partial charge in [-0.05, 0) is 6.07 Å². The summed E-state index contributed by atoms with van der Waals surface area (Å²) in [5.74, 6) is -0.818. The Morgan fingerprint density at radius 1 is 1.15 bits per heavy atom. The van der Waals surface area contributed by atoms with Crippen LogP contribution in [0, 0.1) is 6.57 Å². The molecule has 0 unspecified atom stereocenters. The molecule has 1 aromatic rings. The number of hydrogen-bond donors (Lipinski definition) is 1. The molecule has 0 atom stereocenters. The Hall–Kier alpha value is -2.15. The van der Waals surface area contributed by atoms with Gasteiger partial charge < -0.3 is 0 Å². The maximum atomic E-state index is 11.1. The van der Waals surface area contributed by atoms with E-state index in [4.69, 9.17) is 6.57 Å². The Labute approximate surface area is 74.0 Å². The first-order valence-electron chi connectivity index (χ1n) is 3.59. The first-order chi connectivity index (χ1) is 6.22. The molecule has 1 aliphatic heterocycles. The number of hydrogen-bond acceptors (Lipinski definition) is 2. The minimum atomic E-state index is -0.425. The zero-order chi connectivity index (χ0) is 9.42. The van der Waals surface area contributed by atoms with E-state index in [9.17, 15) is 9.59 Å². The molecule has 2 amide bonds. The second-order valence-electron chi connectivity index (χ2n) is 2.62. The number of imide groups is 1. The van der Waals surface area contributed by atoms with Crippen molar-refractivity contribution in [2.75, 3.05) is 0 Å². The largest absolute Gasteiger partial charge is 0.288 e. The molecule has 62 valence electrons. The fraction of sp³-hybridized carbons (Fsp3) is 0. The molecule has 0 saturated carbocycles. The molecule has 1 N–H and O–H groups in total. The van der Waals surface area contributed by atoms with Gasteiger partial charge in [0.05, 0.1) is 12.1 Å². The third-order valence-electron chi connectivity index (χ3n) is 1.85. The van der Waals surface area contributed by atoms with Crippen molar-refractivity contribution < 1.29 is 9.59 Å². The molecule has 0 aliphatic carbocycles. The number of carbonyl (C=O) groups excluding carboxylic acids is 2. The van der Waals surface area contributed by atoms with E-state index in [1.165, 1.54) is 18.2 Å². The highest BCUT2D eigenvalue weighted by atomic mass is 16.2. The Kier molecular flexibility index (Phi) is 1.40. The Balaban J connectivity index is 2.67. The highest BCUT2D eigenvalue weighted by molar-refractivity contribution is 6.21. The van der Waals surface area contributed by atoms with Crippen molar-refractivity contribution in [2.45, 2.75) is 0 Å². The number of nitrogens with zero attached hydrogens (tertiary/aromatic N) is 1. The molecule has 0 saturated heterocycles. The summed E-state index contributed by atoms with van der Waals surface area (Å²) < 4.78 is 0. The lowest BCUT2D eigenvalue weighted by molar-refractivity contribution is 0.0879. The van der Waals surface area contributed by atoms with Crippen molar-refractivity contribution in [3.05, 3.63) is 40.7 Å². The topological polar surface area (TPSA) is 50.5 Å². The summed E-state index contributed by atoms with van der Waals surface area (Å²) in [5.41, 5.74) is 1.000. The van der Waals surface area contributed by atoms with Crippen LogP contribution in [0.15, 0.2) is 18.2 Å². The van der Waals surface area contributed by atoms with Gasteiger partial charge in [-0.2, -0.15) is 0 Å². The van der Waals surface area contributed by atoms with E-state index >= 15 is 0 Å². The number of carbonyl (C=O) groups is 2. The molecule has 13 heavy (non-hydrogen) atoms. The van der Waals surface area contributed by atoms with Crippen molar-refractivity contribution in [3.63, 3.8) is 0 Å². The average Bonchev–Trinajstić information content (AvgIpc) is 2.42. The Morgan fingerprint density at radius 3 is 2.54 bits per heavy atom. The normalized spacial score (nSPS) is 13.5. The number of fused-ring (bicyclic) bond motifs is 1. The standard InChI is InChI=1S/C9H4N2O2/c1-10-5-2-3-6-7(4-5)9(13)11-8(6)12/h2-4H,(H,11,12,13). The lowest BCUT2D eigenvalue weighted by Gasteiger charge is -1.92. The quantitative estimate of drug-likeness (QED) is 0.471. The van der Waals surface area contributed by atoms with Gasteiger partial charge in [0.25, 0.3) is 11.8 Å². The number of rotatable bonds is 0. The summed E-state index contributed by atoms with van der Waals surface area (Å²) in [6, 6.07) is 4.43. The second kappa shape index (κ2) is 2.42. The predicted octanol–water partition coefficient (Wildman–Crippen LogP) is 1.12. The first kappa shape index (κ1) is 7.50. The van der Waals surface area contributed by atoms with Gasteiger partial charge in [0.2, 0.25) is 0 Å². The third-order valence-corrected chi connectivity index (χ3v) is 1.85. The average molecular weight is 172 g/mol. The molecular formula is C9H4N2O2. The molecule has 0 radical (unpaired) electrons. The molecule has 0 bridgehead atoms. The molecule has 0 spiro atoms. The number of amides is 2. The zero-order valence-electron chi connectivity index (χ0n) is 6.50. The van der Waals surface area contributed by atoms with Crippen molar-refractivity contribution in [3.8, 4) is 0 Å². The first-order valence-corrected chi connectivity index (χ1v) is 3.59. The minimum Gasteiger partial charge on any atom is -0.288 e. The third kappa shape index (κ3) is 0.983. The molecule has 4 nitrogen and oxygen atoms in total. The summed E-state index contributed by atoms with van der Waals surface area (Å²) in [5, 5.41) is 2.15. The van der Waals surface area contributed by atoms with E-state index in [1.807, 2.05) is 0 Å². The molecule has 0 aromatic heterocycles. The smallest absolute Gasteiger partial charge is 0.258 e. The van der Waals surface area contributed by atoms with E-state index in [2.05, 4.69) is 10.2 Å². The van der Waals surface area contributed by atoms with E-state index < -0.39 is 11.8 Å². The van der Waals surface area contributed by atoms with Crippen LogP contribution >= 0.6 is 0 Å². The minimum absolute atomic E-state index is 0.290. The predicted molar refractivity (Wildman–Crippen MR) is 44.5 cm³/mol. The zero-order valence-corrected chi connectivity index (χ0v) is 6.50. The van der Waals surface area contributed by atoms with Gasteiger partial charge in [-0.1, -0.05) is 12.1 Å². The lowest BCUT2D eigenvalue weighted by Crippen LogP contribution is -2.19. The molecule has 4 heteroatoms. The van der Waals surface area contributed by atoms with E-state index in [0.29, 0.717) is 16.8 Å². The monoisotopic (exact) mass is 172 g/mol. The van der Waals surface area contributed by atoms with E-state index in [0.717, 1.165) is 0 Å². The fourth-order valence-corrected chi connectivity index (χ4v) is 1.23. The van der Waals surface area contributed by atoms with Gasteiger partial charge in [0.1, 0.15) is 0 Å². The van der Waals surface area contributed by atoms with Crippen molar-refractivity contribution in [1.82, 2.24) is 5.32 Å². The van der Waals surface area contributed by atoms with Gasteiger partial charge in [0, 0.05) is 5.56 Å². The van der Waals surface area contributed by atoms with Crippen molar-refractivity contribution in [1.29, 1.82) is 0 Å². The highest BCUT2D eigenvalue weighted by Gasteiger charge is 2.26. The Morgan fingerprint density at radius 2 is 1.85 bits per heavy atom. The molecule has 0 fully saturated rings. The van der Waals surface area contributed by atoms with Gasteiger partial charge in [0.15, 0.2) is 5.69 Å². The maximum absolute atomic E-state index is 11.1. The maximum Gasteiger partial charge on any atom is 0.258 e. The summed E-state index contributed by atoms with van der Waals surface area (Å²) in [4.78, 5) is 25.3. The SMILES string of the molecule is [C-]#[N+]c1ccc2c(c1)C(=O)NC2=O. The van der Waals surface area contributed by atoms with Gasteiger partial charge >= 0.3 is 0 Å². The highest BCUT2D eigenvalue weighted by Crippen LogP contribution is 2.21. The van der Waals surface area contributed by atoms with Crippen LogP contribution in [-0.2, 0) is 0 Å². The van der Waals surface area contributed by atoms with E-state index in [-0.39, 0.29) is 0 Å². The summed E-state index contributed by atoms with van der Waals surface area (Å²) >= 11 is 0. The molecule has 2 rings (SSSR count). The molecule has 1 aromatic carbocycles. The fourth-order valence-electron chi connectivity index (χ4n) is 1.23. The van der Waals surface area contributed by atoms with Gasteiger partial charge in [-0.3, -0.25) is 14.9 Å². The number of benzene rings is 1. The van der Waals surface area contributed by atoms with E-state index in [1.54, 1.807) is 0 Å². The van der Waals surface area contributed by atoms with Crippen LogP contribution in [0.3, 0.4) is 0 Å². The van der Waals surface area contributed by atoms with Crippen LogP contribution in [0.2, 0.25) is 0 Å². The van der Waals surface area contributed by atoms with Crippen molar-refractivity contribution >= 4 is 17.5 Å². The van der Waals surface area contributed by atoms with Crippen LogP contribution in [0.25, 0.3) is 4.85 Å². The second-order valence-corrected chi connectivity index (χ2v) is 2.62. The summed E-state index contributed by atoms with van der Waals surface area (Å²) in [6.07, 6.45) is 0. The molecule has 1 heterocycles. The van der Waals surface area contributed by atoms with Crippen LogP contribution in [0.5, 0.6) is 0 Å². The Bertz CT molecular complexity index is 457. The molecule has 1 aliphatic rings. The van der Waals surface area contributed by atoms with Crippen LogP contribution in [0.4, 0.5) is 5.69 Å². The lowest BCUT2D eigenvalue weighted by atomic mass is 10.1. The van der Waals surface area contributed by atoms with Crippen LogP contribution in [0.1, 0.15) is 20.7 Å². The summed E-state index contributed by atoms with van der Waals surface area (Å²) in [7, 11) is 0. The van der Waals surface area contributed by atoms with Gasteiger partial charge in [-0.25, -0.2) is 4.85 Å². The van der Waals surface area contributed by atoms with Crippen LogP contribution < -0.4 is 5.32 Å². The number of nitrogens with one attached hydrogen (secondary N) is 1. The molecular weight excluding hydrogens is 168 g/mol.